The quantitative estimate of drug-likeness (QED) is 0.782. The summed E-state index contributed by atoms with van der Waals surface area (Å²) in [5.41, 5.74) is 3.33. The molecule has 1 N–H and O–H groups in total. The van der Waals surface area contributed by atoms with Crippen LogP contribution in [0.25, 0.3) is 0 Å². The highest BCUT2D eigenvalue weighted by Crippen LogP contribution is 2.30. The zero-order valence-corrected chi connectivity index (χ0v) is 9.44. The van der Waals surface area contributed by atoms with Gasteiger partial charge in [-0.3, -0.25) is 0 Å². The Balaban J connectivity index is 2.25. The maximum Gasteiger partial charge on any atom is 0.123 e. The average molecular weight is 207 g/mol. The van der Waals surface area contributed by atoms with Crippen molar-refractivity contribution < 1.29 is 4.39 Å². The van der Waals surface area contributed by atoms with E-state index in [4.69, 9.17) is 0 Å². The maximum atomic E-state index is 13.2. The second kappa shape index (κ2) is 4.21. The van der Waals surface area contributed by atoms with E-state index in [1.807, 2.05) is 6.92 Å². The first kappa shape index (κ1) is 10.5. The molecule has 1 aliphatic rings. The molecule has 82 valence electrons. The van der Waals surface area contributed by atoms with Crippen LogP contribution in [-0.4, -0.2) is 6.54 Å². The first-order valence-corrected chi connectivity index (χ1v) is 5.73. The molecule has 0 saturated carbocycles. The molecule has 2 heteroatoms. The molecule has 15 heavy (non-hydrogen) atoms. The van der Waals surface area contributed by atoms with Gasteiger partial charge in [-0.2, -0.15) is 0 Å². The third-order valence-corrected chi connectivity index (χ3v) is 3.15. The van der Waals surface area contributed by atoms with E-state index in [0.717, 1.165) is 29.8 Å². The molecule has 0 aromatic heterocycles. The molecular weight excluding hydrogens is 189 g/mol. The lowest BCUT2D eigenvalue weighted by molar-refractivity contribution is 0.487. The summed E-state index contributed by atoms with van der Waals surface area (Å²) >= 11 is 0. The van der Waals surface area contributed by atoms with Gasteiger partial charge in [0.15, 0.2) is 0 Å². The van der Waals surface area contributed by atoms with Crippen molar-refractivity contribution >= 4 is 5.69 Å². The van der Waals surface area contributed by atoms with Crippen LogP contribution in [0.3, 0.4) is 0 Å². The lowest BCUT2D eigenvalue weighted by atomic mass is 9.89. The van der Waals surface area contributed by atoms with Crippen LogP contribution in [0.2, 0.25) is 0 Å². The van der Waals surface area contributed by atoms with Crippen LogP contribution in [0.1, 0.15) is 30.9 Å². The minimum Gasteiger partial charge on any atom is -0.384 e. The summed E-state index contributed by atoms with van der Waals surface area (Å²) in [7, 11) is 0. The number of fused-ring (bicyclic) bond motifs is 1. The van der Waals surface area contributed by atoms with Crippen molar-refractivity contribution in [3.05, 3.63) is 29.1 Å². The van der Waals surface area contributed by atoms with E-state index >= 15 is 0 Å². The zero-order chi connectivity index (χ0) is 10.8. The predicted octanol–water partition coefficient (Wildman–Crippen LogP) is 3.52. The predicted molar refractivity (Wildman–Crippen MR) is 61.7 cm³/mol. The molecule has 1 atom stereocenters. The molecule has 1 aliphatic heterocycles. The van der Waals surface area contributed by atoms with E-state index in [9.17, 15) is 4.39 Å². The normalized spacial score (nSPS) is 19.5. The molecule has 1 nitrogen and oxygen atoms in total. The Kier molecular flexibility index (Phi) is 2.94. The number of aryl methyl sites for hydroxylation is 1. The topological polar surface area (TPSA) is 12.0 Å². The first-order chi connectivity index (χ1) is 7.20. The van der Waals surface area contributed by atoms with Crippen molar-refractivity contribution in [1.82, 2.24) is 0 Å². The van der Waals surface area contributed by atoms with Gasteiger partial charge in [0.05, 0.1) is 0 Å². The first-order valence-electron chi connectivity index (χ1n) is 5.73. The zero-order valence-electron chi connectivity index (χ0n) is 9.44. The molecule has 1 aromatic rings. The van der Waals surface area contributed by atoms with Gasteiger partial charge in [0, 0.05) is 12.2 Å². The number of rotatable bonds is 2. The minimum absolute atomic E-state index is 0.106. The van der Waals surface area contributed by atoms with Gasteiger partial charge in [0.2, 0.25) is 0 Å². The summed E-state index contributed by atoms with van der Waals surface area (Å²) in [5.74, 6) is 0.564. The number of hydrogen-bond donors (Lipinski definition) is 1. The van der Waals surface area contributed by atoms with Gasteiger partial charge < -0.3 is 5.32 Å². The lowest BCUT2D eigenvalue weighted by Gasteiger charge is -2.27. The van der Waals surface area contributed by atoms with E-state index < -0.39 is 0 Å². The Morgan fingerprint density at radius 1 is 1.47 bits per heavy atom. The monoisotopic (exact) mass is 207 g/mol. The number of nitrogens with one attached hydrogen (secondary N) is 1. The molecule has 1 unspecified atom stereocenters. The van der Waals surface area contributed by atoms with Crippen molar-refractivity contribution in [2.75, 3.05) is 11.9 Å². The third-order valence-electron chi connectivity index (χ3n) is 3.15. The SMILES string of the molecule is CCCC1CNc2c(C)cc(F)cc2C1. The van der Waals surface area contributed by atoms with Crippen LogP contribution < -0.4 is 5.32 Å². The van der Waals surface area contributed by atoms with E-state index in [1.54, 1.807) is 12.1 Å². The smallest absolute Gasteiger partial charge is 0.123 e. The van der Waals surface area contributed by atoms with Crippen molar-refractivity contribution in [2.45, 2.75) is 33.1 Å². The second-order valence-electron chi connectivity index (χ2n) is 4.50. The fourth-order valence-electron chi connectivity index (χ4n) is 2.47. The summed E-state index contributed by atoms with van der Waals surface area (Å²) in [6.07, 6.45) is 3.45. The number of anilines is 1. The number of halogens is 1. The highest BCUT2D eigenvalue weighted by molar-refractivity contribution is 5.59. The molecule has 0 fully saturated rings. The molecule has 0 saturated heterocycles. The Hall–Kier alpha value is -1.05. The summed E-state index contributed by atoms with van der Waals surface area (Å²) < 4.78 is 13.2. The van der Waals surface area contributed by atoms with Crippen molar-refractivity contribution in [1.29, 1.82) is 0 Å². The molecule has 1 heterocycles. The molecule has 2 rings (SSSR count). The van der Waals surface area contributed by atoms with Gasteiger partial charge in [-0.15, -0.1) is 0 Å². The van der Waals surface area contributed by atoms with E-state index in [2.05, 4.69) is 12.2 Å². The Labute approximate surface area is 90.7 Å². The molecule has 0 radical (unpaired) electrons. The second-order valence-corrected chi connectivity index (χ2v) is 4.50. The van der Waals surface area contributed by atoms with Crippen molar-refractivity contribution in [2.24, 2.45) is 5.92 Å². The molecule has 0 aliphatic carbocycles. The van der Waals surface area contributed by atoms with Gasteiger partial charge in [0.1, 0.15) is 5.82 Å². The highest BCUT2D eigenvalue weighted by atomic mass is 19.1. The van der Waals surface area contributed by atoms with Gasteiger partial charge in [0.25, 0.3) is 0 Å². The Morgan fingerprint density at radius 3 is 3.00 bits per heavy atom. The van der Waals surface area contributed by atoms with Crippen LogP contribution in [0.4, 0.5) is 10.1 Å². The van der Waals surface area contributed by atoms with Crippen LogP contribution in [0, 0.1) is 18.7 Å². The van der Waals surface area contributed by atoms with Gasteiger partial charge in [-0.05, 0) is 48.9 Å². The van der Waals surface area contributed by atoms with E-state index in [0.29, 0.717) is 5.92 Å². The summed E-state index contributed by atoms with van der Waals surface area (Å²) in [6, 6.07) is 3.28. The van der Waals surface area contributed by atoms with E-state index in [-0.39, 0.29) is 5.82 Å². The maximum absolute atomic E-state index is 13.2. The van der Waals surface area contributed by atoms with Gasteiger partial charge >= 0.3 is 0 Å². The average Bonchev–Trinajstić information content (AvgIpc) is 2.17. The van der Waals surface area contributed by atoms with Crippen LogP contribution in [-0.2, 0) is 6.42 Å². The van der Waals surface area contributed by atoms with Crippen LogP contribution in [0.15, 0.2) is 12.1 Å². The molecule has 0 bridgehead atoms. The largest absolute Gasteiger partial charge is 0.384 e. The summed E-state index contributed by atoms with van der Waals surface area (Å²) in [4.78, 5) is 0. The summed E-state index contributed by atoms with van der Waals surface area (Å²) in [6.45, 7) is 5.20. The fourth-order valence-corrected chi connectivity index (χ4v) is 2.47. The fraction of sp³-hybridized carbons (Fsp3) is 0.538. The third kappa shape index (κ3) is 2.14. The van der Waals surface area contributed by atoms with Crippen LogP contribution in [0.5, 0.6) is 0 Å². The van der Waals surface area contributed by atoms with Gasteiger partial charge in [-0.25, -0.2) is 4.39 Å². The minimum atomic E-state index is -0.106. The number of benzene rings is 1. The molecule has 0 spiro atoms. The summed E-state index contributed by atoms with van der Waals surface area (Å²) in [5, 5.41) is 3.43. The molecular formula is C13H18FN. The highest BCUT2D eigenvalue weighted by Gasteiger charge is 2.19. The molecule has 0 amide bonds. The van der Waals surface area contributed by atoms with Gasteiger partial charge in [-0.1, -0.05) is 13.3 Å². The molecule has 1 aromatic carbocycles. The standard InChI is InChI=1S/C13H18FN/c1-3-4-10-6-11-7-12(14)5-9(2)13(11)15-8-10/h5,7,10,15H,3-4,6,8H2,1-2H3. The van der Waals surface area contributed by atoms with E-state index in [1.165, 1.54) is 12.8 Å². The van der Waals surface area contributed by atoms with Crippen molar-refractivity contribution in [3.8, 4) is 0 Å². The lowest BCUT2D eigenvalue weighted by Crippen LogP contribution is -2.23. The Bertz CT molecular complexity index is 360. The Morgan fingerprint density at radius 2 is 2.27 bits per heavy atom. The van der Waals surface area contributed by atoms with Crippen LogP contribution >= 0.6 is 0 Å². The number of hydrogen-bond acceptors (Lipinski definition) is 1. The van der Waals surface area contributed by atoms with Crippen molar-refractivity contribution in [3.63, 3.8) is 0 Å².